The molecule has 6 atom stereocenters. The first-order valence-corrected chi connectivity index (χ1v) is 12.3. The topological polar surface area (TPSA) is 129 Å². The van der Waals surface area contributed by atoms with Crippen LogP contribution < -0.4 is 27.0 Å². The first-order chi connectivity index (χ1) is 14.4. The van der Waals surface area contributed by atoms with Crippen LogP contribution in [-0.2, 0) is 16.1 Å². The number of hydrogen-bond acceptors (Lipinski definition) is 8. The van der Waals surface area contributed by atoms with E-state index in [0.29, 0.717) is 33.7 Å². The van der Waals surface area contributed by atoms with Crippen molar-refractivity contribution in [2.45, 2.75) is 47.2 Å². The first kappa shape index (κ1) is 20.5. The molecule has 160 valence electrons. The molecule has 0 saturated carbocycles. The summed E-state index contributed by atoms with van der Waals surface area (Å²) < 4.78 is 0.540. The zero-order valence-electron chi connectivity index (χ0n) is 16.1. The molecular weight excluding hydrogens is 519 g/mol. The zero-order chi connectivity index (χ0) is 21.0. The molecule has 1 aromatic carbocycles. The van der Waals surface area contributed by atoms with Crippen LogP contribution in [-0.4, -0.2) is 56.2 Å². The number of amides is 3. The minimum atomic E-state index is -0.601. The summed E-state index contributed by atoms with van der Waals surface area (Å²) in [5, 5.41) is 13.0. The average molecular weight is 542 g/mol. The van der Waals surface area contributed by atoms with Gasteiger partial charge in [-0.2, -0.15) is 0 Å². The molecule has 0 aromatic heterocycles. The van der Waals surface area contributed by atoms with Crippen LogP contribution in [0.1, 0.15) is 28.8 Å². The summed E-state index contributed by atoms with van der Waals surface area (Å²) in [6.07, 6.45) is 0.351. The summed E-state index contributed by atoms with van der Waals surface area (Å²) in [4.78, 5) is 38.0. The third-order valence-corrected chi connectivity index (χ3v) is 9.37. The molecule has 0 aliphatic carbocycles. The lowest BCUT2D eigenvalue weighted by Crippen LogP contribution is -2.67. The van der Waals surface area contributed by atoms with E-state index in [4.69, 9.17) is 5.73 Å². The van der Waals surface area contributed by atoms with Gasteiger partial charge < -0.3 is 16.0 Å². The molecule has 11 heteroatoms. The number of alkyl halides is 1. The van der Waals surface area contributed by atoms with Crippen molar-refractivity contribution in [2.24, 2.45) is 11.7 Å². The average Bonchev–Trinajstić information content (AvgIpc) is 3.22. The number of anilines is 1. The van der Waals surface area contributed by atoms with E-state index in [9.17, 15) is 14.4 Å². The molecule has 5 rings (SSSR count). The maximum Gasteiger partial charge on any atom is 0.255 e. The molecule has 4 aliphatic rings. The van der Waals surface area contributed by atoms with Gasteiger partial charge in [-0.05, 0) is 30.2 Å². The van der Waals surface area contributed by atoms with Crippen LogP contribution in [0.3, 0.4) is 0 Å². The van der Waals surface area contributed by atoms with E-state index >= 15 is 0 Å². The fourth-order valence-electron chi connectivity index (χ4n) is 4.61. The van der Waals surface area contributed by atoms with Gasteiger partial charge in [0.05, 0.1) is 11.5 Å². The van der Waals surface area contributed by atoms with Gasteiger partial charge in [-0.1, -0.05) is 22.6 Å². The SMILES string of the molecule is NC1NC(Nc2ccc3c(c2)CN(C2CCC(=O)NC2=O)C3=O)NC2SCC(I)C12. The van der Waals surface area contributed by atoms with Crippen LogP contribution in [0.2, 0.25) is 0 Å². The summed E-state index contributed by atoms with van der Waals surface area (Å²) in [6.45, 7) is 0.359. The number of nitrogens with two attached hydrogens (primary N) is 1. The smallest absolute Gasteiger partial charge is 0.255 e. The summed E-state index contributed by atoms with van der Waals surface area (Å²) in [7, 11) is 0. The van der Waals surface area contributed by atoms with Crippen LogP contribution in [0, 0.1) is 5.92 Å². The Kier molecular flexibility index (Phi) is 5.42. The van der Waals surface area contributed by atoms with E-state index in [-0.39, 0.29) is 30.7 Å². The molecule has 4 heterocycles. The van der Waals surface area contributed by atoms with E-state index in [0.717, 1.165) is 17.0 Å². The first-order valence-electron chi connectivity index (χ1n) is 9.98. The van der Waals surface area contributed by atoms with E-state index in [1.807, 2.05) is 23.9 Å². The summed E-state index contributed by atoms with van der Waals surface area (Å²) >= 11 is 4.37. The number of carbonyl (C=O) groups is 3. The van der Waals surface area contributed by atoms with E-state index in [2.05, 4.69) is 43.9 Å². The third-order valence-electron chi connectivity index (χ3n) is 6.14. The number of benzene rings is 1. The van der Waals surface area contributed by atoms with Crippen LogP contribution in [0.25, 0.3) is 0 Å². The van der Waals surface area contributed by atoms with E-state index in [1.54, 1.807) is 11.0 Å². The fourth-order valence-corrected chi connectivity index (χ4v) is 7.80. The van der Waals surface area contributed by atoms with Gasteiger partial charge in [-0.3, -0.25) is 30.3 Å². The molecular formula is C19H23IN6O3S. The van der Waals surface area contributed by atoms with Gasteiger partial charge in [0.25, 0.3) is 5.91 Å². The number of carbonyl (C=O) groups excluding carboxylic acids is 3. The van der Waals surface area contributed by atoms with E-state index in [1.165, 1.54) is 0 Å². The maximum atomic E-state index is 12.8. The lowest BCUT2D eigenvalue weighted by atomic mass is 10.0. The predicted molar refractivity (Wildman–Crippen MR) is 122 cm³/mol. The van der Waals surface area contributed by atoms with Gasteiger partial charge >= 0.3 is 0 Å². The molecule has 0 bridgehead atoms. The number of piperidine rings is 1. The van der Waals surface area contributed by atoms with Gasteiger partial charge in [0, 0.05) is 39.8 Å². The van der Waals surface area contributed by atoms with Crippen LogP contribution in [0.5, 0.6) is 0 Å². The van der Waals surface area contributed by atoms with Crippen molar-refractivity contribution >= 4 is 57.8 Å². The lowest BCUT2D eigenvalue weighted by Gasteiger charge is -2.40. The van der Waals surface area contributed by atoms with Crippen molar-refractivity contribution in [3.05, 3.63) is 29.3 Å². The second kappa shape index (κ2) is 7.93. The van der Waals surface area contributed by atoms with Gasteiger partial charge in [-0.15, -0.1) is 11.8 Å². The standard InChI is InChI=1S/C19H23IN6O3S/c20-11-7-30-17-14(11)15(21)24-19(25-17)22-9-1-2-10-8(5-9)6-26(18(10)29)12-3-4-13(27)23-16(12)28/h1-2,5,11-12,14-15,17,19,22,24-25H,3-4,6-7,21H2,(H,23,27,28). The molecule has 0 radical (unpaired) electrons. The molecule has 6 N–H and O–H groups in total. The fraction of sp³-hybridized carbons (Fsp3) is 0.526. The van der Waals surface area contributed by atoms with Crippen molar-refractivity contribution in [1.29, 1.82) is 0 Å². The Bertz CT molecular complexity index is 916. The van der Waals surface area contributed by atoms with Crippen LogP contribution in [0.15, 0.2) is 18.2 Å². The Labute approximate surface area is 191 Å². The third kappa shape index (κ3) is 3.60. The van der Waals surface area contributed by atoms with Gasteiger partial charge in [0.15, 0.2) is 0 Å². The summed E-state index contributed by atoms with van der Waals surface area (Å²) in [5.41, 5.74) is 8.71. The predicted octanol–water partition coefficient (Wildman–Crippen LogP) is 0.113. The Hall–Kier alpha value is -1.41. The van der Waals surface area contributed by atoms with Gasteiger partial charge in [-0.25, -0.2) is 0 Å². The van der Waals surface area contributed by atoms with Crippen molar-refractivity contribution in [3.63, 3.8) is 0 Å². The summed E-state index contributed by atoms with van der Waals surface area (Å²) in [5.74, 6) is 0.623. The molecule has 30 heavy (non-hydrogen) atoms. The minimum Gasteiger partial charge on any atom is -0.358 e. The number of nitrogens with zero attached hydrogens (tertiary/aromatic N) is 1. The second-order valence-corrected chi connectivity index (χ2v) is 10.8. The van der Waals surface area contributed by atoms with Crippen molar-refractivity contribution in [1.82, 2.24) is 20.9 Å². The number of imide groups is 1. The Morgan fingerprint density at radius 3 is 2.87 bits per heavy atom. The molecule has 3 amide bonds. The van der Waals surface area contributed by atoms with Crippen molar-refractivity contribution in [2.75, 3.05) is 11.1 Å². The number of fused-ring (bicyclic) bond motifs is 2. The second-order valence-electron chi connectivity index (χ2n) is 8.06. The molecule has 0 spiro atoms. The molecule has 3 saturated heterocycles. The number of hydrogen-bond donors (Lipinski definition) is 5. The highest BCUT2D eigenvalue weighted by Gasteiger charge is 2.44. The molecule has 9 nitrogen and oxygen atoms in total. The van der Waals surface area contributed by atoms with Crippen molar-refractivity contribution in [3.8, 4) is 0 Å². The molecule has 6 unspecified atom stereocenters. The highest BCUT2D eigenvalue weighted by atomic mass is 127. The number of thioether (sulfide) groups is 1. The zero-order valence-corrected chi connectivity index (χ0v) is 19.0. The maximum absolute atomic E-state index is 12.8. The monoisotopic (exact) mass is 542 g/mol. The molecule has 4 aliphatic heterocycles. The number of nitrogens with one attached hydrogen (secondary N) is 4. The lowest BCUT2D eigenvalue weighted by molar-refractivity contribution is -0.136. The highest BCUT2D eigenvalue weighted by molar-refractivity contribution is 14.1. The molecule has 3 fully saturated rings. The Balaban J connectivity index is 1.28. The number of rotatable bonds is 3. The van der Waals surface area contributed by atoms with Crippen LogP contribution in [0.4, 0.5) is 5.69 Å². The van der Waals surface area contributed by atoms with Crippen LogP contribution >= 0.6 is 34.4 Å². The Morgan fingerprint density at radius 1 is 1.23 bits per heavy atom. The van der Waals surface area contributed by atoms with E-state index < -0.39 is 11.9 Å². The largest absolute Gasteiger partial charge is 0.358 e. The Morgan fingerprint density at radius 2 is 2.07 bits per heavy atom. The van der Waals surface area contributed by atoms with Crippen molar-refractivity contribution < 1.29 is 14.4 Å². The minimum absolute atomic E-state index is 0.0929. The highest BCUT2D eigenvalue weighted by Crippen LogP contribution is 2.38. The normalized spacial score (nSPS) is 35.8. The van der Waals surface area contributed by atoms with Gasteiger partial charge in [0.1, 0.15) is 12.3 Å². The summed E-state index contributed by atoms with van der Waals surface area (Å²) in [6, 6.07) is 5.01. The number of halogens is 1. The molecule has 1 aromatic rings. The quantitative estimate of drug-likeness (QED) is 0.207. The van der Waals surface area contributed by atoms with Gasteiger partial charge in [0.2, 0.25) is 11.8 Å².